The number of oxazole rings is 1. The van der Waals surface area contributed by atoms with Crippen molar-refractivity contribution in [1.29, 1.82) is 0 Å². The lowest BCUT2D eigenvalue weighted by Gasteiger charge is -2.17. The summed E-state index contributed by atoms with van der Waals surface area (Å²) in [7, 11) is 0. The standard InChI is InChI=1S/C20H14Cl2F2N4O/c21-12-4-3-5-14(8-12)27-19-28-18-15(9-13(22)10-16(18)29-19)26-11-20(23,24)17-6-1-2-7-25-17/h1-10,26H,11H2,(H,27,28). The van der Waals surface area contributed by atoms with Gasteiger partial charge in [0.2, 0.25) is 0 Å². The summed E-state index contributed by atoms with van der Waals surface area (Å²) in [6.45, 7) is -0.677. The first-order valence-electron chi connectivity index (χ1n) is 8.57. The zero-order valence-electron chi connectivity index (χ0n) is 14.8. The third kappa shape index (κ3) is 4.41. The molecular weight excluding hydrogens is 421 g/mol. The maximum Gasteiger partial charge on any atom is 0.306 e. The van der Waals surface area contributed by atoms with Crippen molar-refractivity contribution in [2.24, 2.45) is 0 Å². The fourth-order valence-electron chi connectivity index (χ4n) is 2.75. The van der Waals surface area contributed by atoms with Crippen molar-refractivity contribution in [2.75, 3.05) is 17.2 Å². The van der Waals surface area contributed by atoms with E-state index >= 15 is 0 Å². The lowest BCUT2D eigenvalue weighted by atomic mass is 10.2. The van der Waals surface area contributed by atoms with E-state index < -0.39 is 12.5 Å². The molecular formula is C20H14Cl2F2N4O. The van der Waals surface area contributed by atoms with Crippen molar-refractivity contribution < 1.29 is 13.2 Å². The van der Waals surface area contributed by atoms with Crippen LogP contribution in [0.1, 0.15) is 5.69 Å². The minimum Gasteiger partial charge on any atom is -0.423 e. The number of anilines is 3. The SMILES string of the molecule is FC(F)(CNc1cc(Cl)cc2oc(Nc3cccc(Cl)c3)nc12)c1ccccn1. The van der Waals surface area contributed by atoms with Gasteiger partial charge in [-0.2, -0.15) is 13.8 Å². The fraction of sp³-hybridized carbons (Fsp3) is 0.100. The van der Waals surface area contributed by atoms with Gasteiger partial charge in [0.05, 0.1) is 12.2 Å². The second-order valence-corrected chi connectivity index (χ2v) is 7.10. The molecule has 0 saturated heterocycles. The van der Waals surface area contributed by atoms with Gasteiger partial charge in [0, 0.05) is 28.0 Å². The maximum absolute atomic E-state index is 14.4. The largest absolute Gasteiger partial charge is 0.423 e. The summed E-state index contributed by atoms with van der Waals surface area (Å²) in [6, 6.07) is 14.6. The predicted octanol–water partition coefficient (Wildman–Crippen LogP) is 6.48. The molecule has 4 rings (SSSR count). The topological polar surface area (TPSA) is 63.0 Å². The molecule has 0 atom stereocenters. The molecule has 0 saturated carbocycles. The summed E-state index contributed by atoms with van der Waals surface area (Å²) in [6.07, 6.45) is 1.33. The van der Waals surface area contributed by atoms with Crippen molar-refractivity contribution in [2.45, 2.75) is 5.92 Å². The average Bonchev–Trinajstić information content (AvgIpc) is 3.09. The highest BCUT2D eigenvalue weighted by Crippen LogP contribution is 2.33. The van der Waals surface area contributed by atoms with Crippen LogP contribution in [0.3, 0.4) is 0 Å². The van der Waals surface area contributed by atoms with Crippen LogP contribution in [-0.4, -0.2) is 16.5 Å². The lowest BCUT2D eigenvalue weighted by Crippen LogP contribution is -2.25. The predicted molar refractivity (Wildman–Crippen MR) is 110 cm³/mol. The first kappa shape index (κ1) is 19.4. The van der Waals surface area contributed by atoms with Crippen LogP contribution in [0, 0.1) is 0 Å². The molecule has 0 aliphatic carbocycles. The molecule has 0 radical (unpaired) electrons. The minimum atomic E-state index is -3.18. The van der Waals surface area contributed by atoms with E-state index in [9.17, 15) is 8.78 Å². The first-order valence-corrected chi connectivity index (χ1v) is 9.32. The molecule has 2 aromatic carbocycles. The Bertz CT molecular complexity index is 1150. The van der Waals surface area contributed by atoms with Gasteiger partial charge in [0.15, 0.2) is 5.58 Å². The quantitative estimate of drug-likeness (QED) is 0.363. The number of pyridine rings is 1. The van der Waals surface area contributed by atoms with Crippen LogP contribution in [0.25, 0.3) is 11.1 Å². The van der Waals surface area contributed by atoms with Crippen LogP contribution in [0.15, 0.2) is 65.2 Å². The van der Waals surface area contributed by atoms with Crippen LogP contribution in [0.4, 0.5) is 26.2 Å². The minimum absolute atomic E-state index is 0.184. The Morgan fingerprint density at radius 1 is 1.00 bits per heavy atom. The average molecular weight is 435 g/mol. The van der Waals surface area contributed by atoms with Crippen molar-refractivity contribution in [3.63, 3.8) is 0 Å². The van der Waals surface area contributed by atoms with E-state index in [4.69, 9.17) is 27.6 Å². The summed E-state index contributed by atoms with van der Waals surface area (Å²) >= 11 is 12.1. The highest BCUT2D eigenvalue weighted by molar-refractivity contribution is 6.31. The van der Waals surface area contributed by atoms with E-state index in [1.54, 1.807) is 36.4 Å². The van der Waals surface area contributed by atoms with Gasteiger partial charge in [0.25, 0.3) is 6.01 Å². The zero-order valence-corrected chi connectivity index (χ0v) is 16.3. The Hall–Kier alpha value is -2.90. The summed E-state index contributed by atoms with van der Waals surface area (Å²) in [5.74, 6) is -3.18. The Labute approximate surface area is 174 Å². The normalized spacial score (nSPS) is 11.6. The Balaban J connectivity index is 1.60. The highest BCUT2D eigenvalue weighted by Gasteiger charge is 2.33. The Morgan fingerprint density at radius 2 is 1.86 bits per heavy atom. The number of hydrogen-bond acceptors (Lipinski definition) is 5. The van der Waals surface area contributed by atoms with Crippen molar-refractivity contribution in [3.05, 3.63) is 76.5 Å². The fourth-order valence-corrected chi connectivity index (χ4v) is 3.15. The van der Waals surface area contributed by atoms with Gasteiger partial charge in [0.1, 0.15) is 11.2 Å². The number of alkyl halides is 2. The van der Waals surface area contributed by atoms with Crippen molar-refractivity contribution in [3.8, 4) is 0 Å². The number of aromatic nitrogens is 2. The number of fused-ring (bicyclic) bond motifs is 1. The van der Waals surface area contributed by atoms with Gasteiger partial charge >= 0.3 is 5.92 Å². The number of rotatable bonds is 6. The molecule has 0 aliphatic heterocycles. The first-order chi connectivity index (χ1) is 13.9. The van der Waals surface area contributed by atoms with Crippen LogP contribution < -0.4 is 10.6 Å². The molecule has 0 fully saturated rings. The molecule has 0 spiro atoms. The third-order valence-electron chi connectivity index (χ3n) is 4.08. The van der Waals surface area contributed by atoms with Crippen molar-refractivity contribution >= 4 is 51.7 Å². The van der Waals surface area contributed by atoms with Crippen LogP contribution in [0.2, 0.25) is 10.0 Å². The van der Waals surface area contributed by atoms with Crippen LogP contribution in [-0.2, 0) is 5.92 Å². The van der Waals surface area contributed by atoms with Gasteiger partial charge in [-0.05, 0) is 36.4 Å². The monoisotopic (exact) mass is 434 g/mol. The molecule has 9 heteroatoms. The zero-order chi connectivity index (χ0) is 20.4. The summed E-state index contributed by atoms with van der Waals surface area (Å²) in [4.78, 5) is 8.08. The molecule has 5 nitrogen and oxygen atoms in total. The van der Waals surface area contributed by atoms with Gasteiger partial charge in [-0.25, -0.2) is 0 Å². The smallest absolute Gasteiger partial charge is 0.306 e. The van der Waals surface area contributed by atoms with E-state index in [1.165, 1.54) is 24.4 Å². The van der Waals surface area contributed by atoms with Crippen molar-refractivity contribution in [1.82, 2.24) is 9.97 Å². The maximum atomic E-state index is 14.4. The third-order valence-corrected chi connectivity index (χ3v) is 4.53. The number of halogens is 4. The molecule has 0 amide bonds. The van der Waals surface area contributed by atoms with Gasteiger partial charge in [-0.3, -0.25) is 4.98 Å². The number of nitrogens with zero attached hydrogens (tertiary/aromatic N) is 2. The van der Waals surface area contributed by atoms with E-state index in [-0.39, 0.29) is 11.7 Å². The molecule has 0 aliphatic rings. The van der Waals surface area contributed by atoms with E-state index in [0.717, 1.165) is 0 Å². The van der Waals surface area contributed by atoms with E-state index in [2.05, 4.69) is 20.6 Å². The summed E-state index contributed by atoms with van der Waals surface area (Å²) < 4.78 is 34.6. The van der Waals surface area contributed by atoms with E-state index in [0.29, 0.717) is 32.5 Å². The van der Waals surface area contributed by atoms with Crippen LogP contribution in [0.5, 0.6) is 0 Å². The second kappa shape index (κ2) is 7.85. The molecule has 2 heterocycles. The number of benzene rings is 2. The summed E-state index contributed by atoms with van der Waals surface area (Å²) in [5, 5.41) is 6.57. The molecule has 0 unspecified atom stereocenters. The summed E-state index contributed by atoms with van der Waals surface area (Å²) in [5.41, 5.74) is 1.40. The van der Waals surface area contributed by atoms with Gasteiger partial charge in [-0.1, -0.05) is 35.3 Å². The highest BCUT2D eigenvalue weighted by atomic mass is 35.5. The lowest BCUT2D eigenvalue weighted by molar-refractivity contribution is 0.00602. The Kier molecular flexibility index (Phi) is 5.25. The molecule has 2 aromatic heterocycles. The molecule has 29 heavy (non-hydrogen) atoms. The number of hydrogen-bond donors (Lipinski definition) is 2. The molecule has 4 aromatic rings. The molecule has 148 valence electrons. The molecule has 0 bridgehead atoms. The number of nitrogens with one attached hydrogen (secondary N) is 2. The van der Waals surface area contributed by atoms with E-state index in [1.807, 2.05) is 0 Å². The second-order valence-electron chi connectivity index (χ2n) is 6.23. The molecule has 2 N–H and O–H groups in total. The van der Waals surface area contributed by atoms with Gasteiger partial charge in [-0.15, -0.1) is 0 Å². The van der Waals surface area contributed by atoms with Crippen LogP contribution >= 0.6 is 23.2 Å². The Morgan fingerprint density at radius 3 is 2.62 bits per heavy atom. The van der Waals surface area contributed by atoms with Gasteiger partial charge < -0.3 is 15.1 Å².